The van der Waals surface area contributed by atoms with Gasteiger partial charge in [-0.15, -0.1) is 0 Å². The lowest BCUT2D eigenvalue weighted by Gasteiger charge is -2.16. The lowest BCUT2D eigenvalue weighted by molar-refractivity contribution is -0.120. The number of rotatable bonds is 7. The first-order valence-electron chi connectivity index (χ1n) is 10.8. The number of carbonyl (C=O) groups excluding carboxylic acids is 2. The van der Waals surface area contributed by atoms with Gasteiger partial charge in [-0.1, -0.05) is 44.2 Å². The number of hydrogen-bond donors (Lipinski definition) is 3. The fraction of sp³-hybridized carbons (Fsp3) is 0.400. The highest BCUT2D eigenvalue weighted by molar-refractivity contribution is 7.80. The molecule has 6 heteroatoms. The van der Waals surface area contributed by atoms with Gasteiger partial charge in [-0.3, -0.25) is 9.59 Å². The predicted molar refractivity (Wildman–Crippen MR) is 130 cm³/mol. The molecule has 31 heavy (non-hydrogen) atoms. The van der Waals surface area contributed by atoms with E-state index in [1.54, 1.807) is 0 Å². The second-order valence-corrected chi connectivity index (χ2v) is 9.21. The fourth-order valence-corrected chi connectivity index (χ4v) is 3.58. The average Bonchev–Trinajstić information content (AvgIpc) is 3.55. The standard InChI is InChI=1S/C25H31N3O2S/c1-15(2)13-18-6-8-19(9-7-18)17(4)23(29)28-25(31)26-21-12-5-16(3)22(14-21)27-24(30)20-10-11-20/h5-9,12,14-15,17,20H,10-11,13H2,1-4H3,(H,27,30)(H2,26,28,29,31). The third kappa shape index (κ3) is 6.62. The summed E-state index contributed by atoms with van der Waals surface area (Å²) in [6, 6.07) is 13.8. The lowest BCUT2D eigenvalue weighted by Crippen LogP contribution is -2.36. The Balaban J connectivity index is 1.57. The van der Waals surface area contributed by atoms with Gasteiger partial charge in [0.2, 0.25) is 11.8 Å². The molecule has 0 bridgehead atoms. The maximum Gasteiger partial charge on any atom is 0.233 e. The molecule has 2 aromatic rings. The number of nitrogens with one attached hydrogen (secondary N) is 3. The fourth-order valence-electron chi connectivity index (χ4n) is 3.36. The van der Waals surface area contributed by atoms with E-state index in [4.69, 9.17) is 12.2 Å². The molecule has 1 aliphatic rings. The van der Waals surface area contributed by atoms with Gasteiger partial charge in [0.15, 0.2) is 5.11 Å². The van der Waals surface area contributed by atoms with Crippen molar-refractivity contribution in [3.8, 4) is 0 Å². The minimum Gasteiger partial charge on any atom is -0.332 e. The van der Waals surface area contributed by atoms with Crippen LogP contribution in [0.4, 0.5) is 11.4 Å². The molecule has 2 amide bonds. The van der Waals surface area contributed by atoms with Crippen LogP contribution in [0, 0.1) is 18.8 Å². The van der Waals surface area contributed by atoms with Crippen LogP contribution < -0.4 is 16.0 Å². The zero-order valence-electron chi connectivity index (χ0n) is 18.6. The van der Waals surface area contributed by atoms with Crippen molar-refractivity contribution in [1.29, 1.82) is 0 Å². The molecule has 0 spiro atoms. The van der Waals surface area contributed by atoms with Crippen LogP contribution in [0.1, 0.15) is 56.2 Å². The molecule has 5 nitrogen and oxygen atoms in total. The summed E-state index contributed by atoms with van der Waals surface area (Å²) < 4.78 is 0. The molecule has 3 N–H and O–H groups in total. The normalized spacial score (nSPS) is 14.1. The van der Waals surface area contributed by atoms with Crippen molar-refractivity contribution in [2.24, 2.45) is 11.8 Å². The van der Waals surface area contributed by atoms with Crippen LogP contribution >= 0.6 is 12.2 Å². The van der Waals surface area contributed by atoms with E-state index in [2.05, 4.69) is 41.9 Å². The molecule has 1 unspecified atom stereocenters. The molecular formula is C25H31N3O2S. The van der Waals surface area contributed by atoms with Crippen molar-refractivity contribution in [3.05, 3.63) is 59.2 Å². The van der Waals surface area contributed by atoms with Crippen LogP contribution in [-0.2, 0) is 16.0 Å². The summed E-state index contributed by atoms with van der Waals surface area (Å²) in [5, 5.41) is 9.02. The third-order valence-electron chi connectivity index (χ3n) is 5.46. The summed E-state index contributed by atoms with van der Waals surface area (Å²) in [5.41, 5.74) is 4.67. The molecule has 3 rings (SSSR count). The highest BCUT2D eigenvalue weighted by atomic mass is 32.1. The number of hydrogen-bond acceptors (Lipinski definition) is 3. The lowest BCUT2D eigenvalue weighted by atomic mass is 9.96. The summed E-state index contributed by atoms with van der Waals surface area (Å²) in [6.45, 7) is 8.19. The van der Waals surface area contributed by atoms with Crippen LogP contribution in [0.25, 0.3) is 0 Å². The summed E-state index contributed by atoms with van der Waals surface area (Å²) in [6.07, 6.45) is 2.93. The first kappa shape index (κ1) is 22.9. The summed E-state index contributed by atoms with van der Waals surface area (Å²) in [4.78, 5) is 24.7. The first-order valence-corrected chi connectivity index (χ1v) is 11.3. The zero-order chi connectivity index (χ0) is 22.5. The minimum atomic E-state index is -0.320. The van der Waals surface area contributed by atoms with Gasteiger partial charge in [-0.05, 0) is 80.1 Å². The number of amides is 2. The molecule has 164 valence electrons. The molecule has 1 atom stereocenters. The van der Waals surface area contributed by atoms with Crippen molar-refractivity contribution in [1.82, 2.24) is 5.32 Å². The van der Waals surface area contributed by atoms with E-state index in [1.165, 1.54) is 5.56 Å². The van der Waals surface area contributed by atoms with E-state index in [0.29, 0.717) is 11.6 Å². The van der Waals surface area contributed by atoms with E-state index in [-0.39, 0.29) is 28.8 Å². The zero-order valence-corrected chi connectivity index (χ0v) is 19.4. The molecular weight excluding hydrogens is 406 g/mol. The smallest absolute Gasteiger partial charge is 0.233 e. The number of carbonyl (C=O) groups is 2. The predicted octanol–water partition coefficient (Wildman–Crippen LogP) is 5.16. The molecule has 0 radical (unpaired) electrons. The largest absolute Gasteiger partial charge is 0.332 e. The van der Waals surface area contributed by atoms with Gasteiger partial charge in [-0.25, -0.2) is 0 Å². The minimum absolute atomic E-state index is 0.0596. The summed E-state index contributed by atoms with van der Waals surface area (Å²) in [7, 11) is 0. The van der Waals surface area contributed by atoms with E-state index in [1.807, 2.05) is 44.2 Å². The highest BCUT2D eigenvalue weighted by Crippen LogP contribution is 2.31. The van der Waals surface area contributed by atoms with Crippen LogP contribution in [0.2, 0.25) is 0 Å². The van der Waals surface area contributed by atoms with E-state index >= 15 is 0 Å². The van der Waals surface area contributed by atoms with Crippen molar-refractivity contribution in [3.63, 3.8) is 0 Å². The molecule has 0 aliphatic heterocycles. The Bertz CT molecular complexity index is 965. The number of thiocarbonyl (C=S) groups is 1. The maximum absolute atomic E-state index is 12.7. The Morgan fingerprint density at radius 2 is 1.71 bits per heavy atom. The van der Waals surface area contributed by atoms with Gasteiger partial charge in [-0.2, -0.15) is 0 Å². The van der Waals surface area contributed by atoms with E-state index < -0.39 is 0 Å². The first-order chi connectivity index (χ1) is 14.7. The van der Waals surface area contributed by atoms with Gasteiger partial charge in [0.1, 0.15) is 0 Å². The summed E-state index contributed by atoms with van der Waals surface area (Å²) in [5.74, 6) is 0.309. The van der Waals surface area contributed by atoms with Gasteiger partial charge >= 0.3 is 0 Å². The molecule has 0 heterocycles. The SMILES string of the molecule is Cc1ccc(NC(=S)NC(=O)C(C)c2ccc(CC(C)C)cc2)cc1NC(=O)C1CC1. The second kappa shape index (κ2) is 10.1. The van der Waals surface area contributed by atoms with Gasteiger partial charge in [0.05, 0.1) is 5.92 Å². The Labute approximate surface area is 190 Å². The summed E-state index contributed by atoms with van der Waals surface area (Å²) >= 11 is 5.33. The topological polar surface area (TPSA) is 70.2 Å². The van der Waals surface area contributed by atoms with Gasteiger partial charge in [0.25, 0.3) is 0 Å². The van der Waals surface area contributed by atoms with Crippen LogP contribution in [0.15, 0.2) is 42.5 Å². The average molecular weight is 438 g/mol. The van der Waals surface area contributed by atoms with Crippen LogP contribution in [0.5, 0.6) is 0 Å². The molecule has 0 aromatic heterocycles. The van der Waals surface area contributed by atoms with E-state index in [0.717, 1.165) is 36.1 Å². The molecule has 1 fully saturated rings. The van der Waals surface area contributed by atoms with Crippen LogP contribution in [0.3, 0.4) is 0 Å². The molecule has 1 saturated carbocycles. The van der Waals surface area contributed by atoms with Gasteiger partial charge < -0.3 is 16.0 Å². The number of anilines is 2. The number of aryl methyl sites for hydroxylation is 1. The monoisotopic (exact) mass is 437 g/mol. The Morgan fingerprint density at radius 3 is 2.32 bits per heavy atom. The molecule has 0 saturated heterocycles. The third-order valence-corrected chi connectivity index (χ3v) is 5.66. The highest BCUT2D eigenvalue weighted by Gasteiger charge is 2.29. The quantitative estimate of drug-likeness (QED) is 0.524. The van der Waals surface area contributed by atoms with Gasteiger partial charge in [0, 0.05) is 17.3 Å². The number of benzene rings is 2. The molecule has 2 aromatic carbocycles. The van der Waals surface area contributed by atoms with Crippen molar-refractivity contribution >= 4 is 40.5 Å². The second-order valence-electron chi connectivity index (χ2n) is 8.80. The van der Waals surface area contributed by atoms with Crippen molar-refractivity contribution in [2.75, 3.05) is 10.6 Å². The van der Waals surface area contributed by atoms with Crippen molar-refractivity contribution in [2.45, 2.75) is 52.9 Å². The maximum atomic E-state index is 12.7. The van der Waals surface area contributed by atoms with Crippen molar-refractivity contribution < 1.29 is 9.59 Å². The van der Waals surface area contributed by atoms with Crippen LogP contribution in [-0.4, -0.2) is 16.9 Å². The van der Waals surface area contributed by atoms with E-state index in [9.17, 15) is 9.59 Å². The molecule has 1 aliphatic carbocycles. The Morgan fingerprint density at radius 1 is 1.03 bits per heavy atom. The Hall–Kier alpha value is -2.73. The Kier molecular flexibility index (Phi) is 7.44.